The van der Waals surface area contributed by atoms with Gasteiger partial charge in [-0.05, 0) is 50.6 Å². The van der Waals surface area contributed by atoms with Crippen LogP contribution in [0.3, 0.4) is 0 Å². The van der Waals surface area contributed by atoms with Gasteiger partial charge in [-0.1, -0.05) is 17.7 Å². The second-order valence-electron chi connectivity index (χ2n) is 5.78. The molecule has 1 N–H and O–H groups in total. The summed E-state index contributed by atoms with van der Waals surface area (Å²) in [6, 6.07) is 11.2. The van der Waals surface area contributed by atoms with Crippen LogP contribution in [0.1, 0.15) is 16.8 Å². The molecule has 4 nitrogen and oxygen atoms in total. The number of aryl methyl sites for hydroxylation is 1. The molecule has 7 heteroatoms. The summed E-state index contributed by atoms with van der Waals surface area (Å²) in [6.45, 7) is 4.30. The van der Waals surface area contributed by atoms with Crippen molar-refractivity contribution in [3.05, 3.63) is 56.7 Å². The summed E-state index contributed by atoms with van der Waals surface area (Å²) < 4.78 is 5.62. The average Bonchev–Trinajstić information content (AvgIpc) is 3.23. The minimum atomic E-state index is -0.578. The molecule has 0 aliphatic rings. The van der Waals surface area contributed by atoms with Gasteiger partial charge in [0.15, 0.2) is 6.10 Å². The van der Waals surface area contributed by atoms with Gasteiger partial charge in [-0.2, -0.15) is 0 Å². The summed E-state index contributed by atoms with van der Waals surface area (Å²) in [7, 11) is 0. The topological polar surface area (TPSA) is 51.2 Å². The maximum atomic E-state index is 12.2. The van der Waals surface area contributed by atoms with Gasteiger partial charge >= 0.3 is 0 Å². The van der Waals surface area contributed by atoms with Crippen molar-refractivity contribution in [1.82, 2.24) is 10.3 Å². The van der Waals surface area contributed by atoms with E-state index < -0.39 is 6.10 Å². The molecule has 1 amide bonds. The van der Waals surface area contributed by atoms with Crippen LogP contribution in [-0.2, 0) is 11.2 Å². The maximum absolute atomic E-state index is 12.2. The molecular formula is C19H19ClN2O2S2. The molecule has 3 aromatic rings. The highest BCUT2D eigenvalue weighted by Gasteiger charge is 2.14. The third kappa shape index (κ3) is 5.06. The van der Waals surface area contributed by atoms with Gasteiger partial charge in [-0.15, -0.1) is 22.7 Å². The van der Waals surface area contributed by atoms with Crippen LogP contribution in [0.4, 0.5) is 0 Å². The van der Waals surface area contributed by atoms with Crippen molar-refractivity contribution in [1.29, 1.82) is 0 Å². The van der Waals surface area contributed by atoms with Gasteiger partial charge in [-0.25, -0.2) is 4.98 Å². The predicted molar refractivity (Wildman–Crippen MR) is 108 cm³/mol. The van der Waals surface area contributed by atoms with E-state index in [1.807, 2.05) is 6.92 Å². The van der Waals surface area contributed by atoms with Crippen LogP contribution in [0.2, 0.25) is 5.02 Å². The van der Waals surface area contributed by atoms with Crippen LogP contribution in [0, 0.1) is 6.92 Å². The first kappa shape index (κ1) is 18.9. The van der Waals surface area contributed by atoms with Gasteiger partial charge in [0.25, 0.3) is 5.91 Å². The number of nitrogens with one attached hydrogen (secondary N) is 1. The van der Waals surface area contributed by atoms with E-state index in [1.165, 1.54) is 4.88 Å². The largest absolute Gasteiger partial charge is 0.481 e. The second-order valence-corrected chi connectivity index (χ2v) is 8.44. The smallest absolute Gasteiger partial charge is 0.260 e. The molecule has 0 saturated carbocycles. The summed E-state index contributed by atoms with van der Waals surface area (Å²) in [5.74, 6) is 0.443. The first-order valence-electron chi connectivity index (χ1n) is 8.22. The Morgan fingerprint density at radius 2 is 2.19 bits per heavy atom. The summed E-state index contributed by atoms with van der Waals surface area (Å²) in [6.07, 6.45) is 0.203. The minimum absolute atomic E-state index is 0.142. The molecule has 3 rings (SSSR count). The van der Waals surface area contributed by atoms with Crippen molar-refractivity contribution >= 4 is 40.2 Å². The molecule has 0 bridgehead atoms. The van der Waals surface area contributed by atoms with Gasteiger partial charge in [0.2, 0.25) is 0 Å². The summed E-state index contributed by atoms with van der Waals surface area (Å²) >= 11 is 9.29. The number of amides is 1. The fraction of sp³-hybridized carbons (Fsp3) is 0.263. The number of ether oxygens (including phenoxy) is 1. The van der Waals surface area contributed by atoms with E-state index >= 15 is 0 Å². The Balaban J connectivity index is 1.47. The van der Waals surface area contributed by atoms with E-state index in [2.05, 4.69) is 27.8 Å². The zero-order chi connectivity index (χ0) is 18.5. The molecule has 0 aliphatic heterocycles. The molecule has 0 saturated heterocycles. The Morgan fingerprint density at radius 3 is 2.92 bits per heavy atom. The lowest BCUT2D eigenvalue weighted by Crippen LogP contribution is -2.37. The Labute approximate surface area is 165 Å². The normalized spacial score (nSPS) is 12.0. The lowest BCUT2D eigenvalue weighted by Gasteiger charge is -2.14. The third-order valence-corrected chi connectivity index (χ3v) is 5.86. The summed E-state index contributed by atoms with van der Waals surface area (Å²) in [5.41, 5.74) is 1.02. The van der Waals surface area contributed by atoms with Crippen molar-refractivity contribution in [3.8, 4) is 16.3 Å². The zero-order valence-corrected chi connectivity index (χ0v) is 16.9. The molecule has 1 atom stereocenters. The monoisotopic (exact) mass is 406 g/mol. The van der Waals surface area contributed by atoms with Crippen molar-refractivity contribution < 1.29 is 9.53 Å². The number of hydrogen-bond donors (Lipinski definition) is 1. The summed E-state index contributed by atoms with van der Waals surface area (Å²) in [5, 5.41) is 6.63. The van der Waals surface area contributed by atoms with Crippen molar-refractivity contribution in [3.63, 3.8) is 0 Å². The number of carbonyl (C=O) groups excluding carboxylic acids is 1. The first-order chi connectivity index (χ1) is 12.5. The van der Waals surface area contributed by atoms with E-state index in [0.29, 0.717) is 17.3 Å². The maximum Gasteiger partial charge on any atom is 0.260 e. The Morgan fingerprint density at radius 1 is 1.35 bits per heavy atom. The number of rotatable bonds is 7. The number of halogens is 1. The molecule has 136 valence electrons. The number of hydrogen-bond acceptors (Lipinski definition) is 5. The number of nitrogens with zero attached hydrogens (tertiary/aromatic N) is 1. The molecule has 2 aromatic heterocycles. The quantitative estimate of drug-likeness (QED) is 0.603. The molecule has 26 heavy (non-hydrogen) atoms. The highest BCUT2D eigenvalue weighted by atomic mass is 35.5. The van der Waals surface area contributed by atoms with E-state index in [0.717, 1.165) is 22.0 Å². The predicted octanol–water partition coefficient (Wildman–Crippen LogP) is 4.96. The van der Waals surface area contributed by atoms with E-state index in [-0.39, 0.29) is 5.91 Å². The van der Waals surface area contributed by atoms with Gasteiger partial charge in [-0.3, -0.25) is 4.79 Å². The highest BCUT2D eigenvalue weighted by molar-refractivity contribution is 7.16. The second kappa shape index (κ2) is 8.66. The Bertz CT molecular complexity index is 891. The lowest BCUT2D eigenvalue weighted by molar-refractivity contribution is -0.127. The molecule has 1 unspecified atom stereocenters. The van der Waals surface area contributed by atoms with Crippen LogP contribution in [0.5, 0.6) is 5.75 Å². The fourth-order valence-corrected chi connectivity index (χ4v) is 4.21. The SMILES string of the molecule is Cc1nc(-c2ccc(CCNC(=O)C(C)Oc3cccc(Cl)c3)s2)cs1. The van der Waals surface area contributed by atoms with Gasteiger partial charge in [0.1, 0.15) is 5.75 Å². The number of thiazole rings is 1. The lowest BCUT2D eigenvalue weighted by atomic mass is 10.3. The summed E-state index contributed by atoms with van der Waals surface area (Å²) in [4.78, 5) is 19.1. The molecule has 0 spiro atoms. The van der Waals surface area contributed by atoms with Crippen LogP contribution in [0.25, 0.3) is 10.6 Å². The number of benzene rings is 1. The molecule has 0 fully saturated rings. The van der Waals surface area contributed by atoms with E-state index in [9.17, 15) is 4.79 Å². The van der Waals surface area contributed by atoms with Gasteiger partial charge in [0, 0.05) is 21.8 Å². The number of carbonyl (C=O) groups is 1. The van der Waals surface area contributed by atoms with Gasteiger partial charge < -0.3 is 10.1 Å². The van der Waals surface area contributed by atoms with Crippen LogP contribution >= 0.6 is 34.3 Å². The van der Waals surface area contributed by atoms with Crippen LogP contribution in [-0.4, -0.2) is 23.5 Å². The molecule has 0 radical (unpaired) electrons. The Hall–Kier alpha value is -1.89. The van der Waals surface area contributed by atoms with Crippen LogP contribution in [0.15, 0.2) is 41.8 Å². The molecule has 0 aliphatic carbocycles. The van der Waals surface area contributed by atoms with E-state index in [4.69, 9.17) is 16.3 Å². The zero-order valence-electron chi connectivity index (χ0n) is 14.5. The fourth-order valence-electron chi connectivity index (χ4n) is 2.38. The van der Waals surface area contributed by atoms with E-state index in [1.54, 1.807) is 53.9 Å². The standard InChI is InChI=1S/C19H19ClN2O2S2/c1-12(24-15-5-3-4-14(20)10-15)19(23)21-9-8-16-6-7-18(26-16)17-11-25-13(2)22-17/h3-7,10-12H,8-9H2,1-2H3,(H,21,23). The Kier molecular flexibility index (Phi) is 6.29. The highest BCUT2D eigenvalue weighted by Crippen LogP contribution is 2.29. The van der Waals surface area contributed by atoms with Crippen LogP contribution < -0.4 is 10.1 Å². The minimum Gasteiger partial charge on any atom is -0.481 e. The average molecular weight is 407 g/mol. The molecule has 1 aromatic carbocycles. The van der Waals surface area contributed by atoms with Crippen molar-refractivity contribution in [2.24, 2.45) is 0 Å². The molecule has 2 heterocycles. The van der Waals surface area contributed by atoms with Crippen molar-refractivity contribution in [2.75, 3.05) is 6.54 Å². The van der Waals surface area contributed by atoms with Crippen molar-refractivity contribution in [2.45, 2.75) is 26.4 Å². The number of aromatic nitrogens is 1. The third-order valence-electron chi connectivity index (χ3n) is 3.68. The number of thiophene rings is 1. The van der Waals surface area contributed by atoms with Gasteiger partial charge in [0.05, 0.1) is 15.6 Å². The molecular weight excluding hydrogens is 388 g/mol. The first-order valence-corrected chi connectivity index (χ1v) is 10.3.